The molecule has 3 amide bonds. The summed E-state index contributed by atoms with van der Waals surface area (Å²) in [7, 11) is 1.88. The van der Waals surface area contributed by atoms with Crippen LogP contribution in [0.2, 0.25) is 0 Å². The average molecular weight is 384 g/mol. The van der Waals surface area contributed by atoms with E-state index in [1.54, 1.807) is 0 Å². The Hall–Kier alpha value is -2.04. The summed E-state index contributed by atoms with van der Waals surface area (Å²) in [5.74, 6) is 1.46. The van der Waals surface area contributed by atoms with Gasteiger partial charge in [0.05, 0.1) is 5.41 Å². The predicted octanol–water partition coefficient (Wildman–Crippen LogP) is 4.09. The SMILES string of the molecule is CC(C)CN(C)C(=O)N1CCC2(CC1)CCN(c1ccc(C3CC3)cc1)C2=O. The number of carbonyl (C=O) groups is 2. The van der Waals surface area contributed by atoms with Crippen molar-refractivity contribution in [2.24, 2.45) is 11.3 Å². The Kier molecular flexibility index (Phi) is 5.11. The molecular weight excluding hydrogens is 350 g/mol. The van der Waals surface area contributed by atoms with Gasteiger partial charge in [0.1, 0.15) is 0 Å². The molecule has 2 saturated heterocycles. The fourth-order valence-electron chi connectivity index (χ4n) is 4.87. The minimum Gasteiger partial charge on any atom is -0.327 e. The lowest BCUT2D eigenvalue weighted by Gasteiger charge is -2.39. The predicted molar refractivity (Wildman–Crippen MR) is 111 cm³/mol. The van der Waals surface area contributed by atoms with Crippen LogP contribution in [0.5, 0.6) is 0 Å². The molecule has 1 aliphatic carbocycles. The molecule has 5 nitrogen and oxygen atoms in total. The number of anilines is 1. The molecule has 152 valence electrons. The first-order valence-corrected chi connectivity index (χ1v) is 10.8. The summed E-state index contributed by atoms with van der Waals surface area (Å²) < 4.78 is 0. The molecule has 1 aromatic rings. The van der Waals surface area contributed by atoms with E-state index in [4.69, 9.17) is 0 Å². The van der Waals surface area contributed by atoms with Gasteiger partial charge >= 0.3 is 6.03 Å². The van der Waals surface area contributed by atoms with Crippen molar-refractivity contribution in [2.75, 3.05) is 38.1 Å². The Morgan fingerprint density at radius 1 is 1.11 bits per heavy atom. The third kappa shape index (κ3) is 3.63. The Morgan fingerprint density at radius 3 is 2.29 bits per heavy atom. The zero-order chi connectivity index (χ0) is 19.9. The zero-order valence-electron chi connectivity index (χ0n) is 17.5. The van der Waals surface area contributed by atoms with Gasteiger partial charge in [0.2, 0.25) is 5.91 Å². The molecule has 1 aromatic carbocycles. The Balaban J connectivity index is 1.37. The normalized spacial score (nSPS) is 21.6. The summed E-state index contributed by atoms with van der Waals surface area (Å²) in [6.45, 7) is 7.17. The van der Waals surface area contributed by atoms with Gasteiger partial charge in [-0.1, -0.05) is 26.0 Å². The number of urea groups is 1. The molecule has 1 saturated carbocycles. The topological polar surface area (TPSA) is 43.9 Å². The van der Waals surface area contributed by atoms with Crippen molar-refractivity contribution in [1.82, 2.24) is 9.80 Å². The van der Waals surface area contributed by atoms with E-state index in [1.165, 1.54) is 18.4 Å². The van der Waals surface area contributed by atoms with Gasteiger partial charge < -0.3 is 14.7 Å². The van der Waals surface area contributed by atoms with Crippen molar-refractivity contribution >= 4 is 17.6 Å². The lowest BCUT2D eigenvalue weighted by molar-refractivity contribution is -0.127. The van der Waals surface area contributed by atoms with Gasteiger partial charge in [0.25, 0.3) is 0 Å². The van der Waals surface area contributed by atoms with E-state index in [-0.39, 0.29) is 17.4 Å². The van der Waals surface area contributed by atoms with Crippen molar-refractivity contribution in [3.05, 3.63) is 29.8 Å². The molecule has 5 heteroatoms. The van der Waals surface area contributed by atoms with Gasteiger partial charge in [0.15, 0.2) is 0 Å². The highest BCUT2D eigenvalue weighted by atomic mass is 16.2. The number of carbonyl (C=O) groups excluding carboxylic acids is 2. The van der Waals surface area contributed by atoms with Crippen molar-refractivity contribution in [3.63, 3.8) is 0 Å². The number of benzene rings is 1. The maximum absolute atomic E-state index is 13.3. The van der Waals surface area contributed by atoms with Gasteiger partial charge in [0, 0.05) is 38.9 Å². The monoisotopic (exact) mass is 383 g/mol. The van der Waals surface area contributed by atoms with Crippen LogP contribution in [0.4, 0.5) is 10.5 Å². The first-order valence-electron chi connectivity index (χ1n) is 10.8. The third-order valence-corrected chi connectivity index (χ3v) is 6.72. The Morgan fingerprint density at radius 2 is 1.71 bits per heavy atom. The lowest BCUT2D eigenvalue weighted by atomic mass is 9.77. The van der Waals surface area contributed by atoms with Crippen LogP contribution >= 0.6 is 0 Å². The van der Waals surface area contributed by atoms with E-state index < -0.39 is 0 Å². The first kappa shape index (κ1) is 19.3. The summed E-state index contributed by atoms with van der Waals surface area (Å²) >= 11 is 0. The molecule has 4 rings (SSSR count). The maximum atomic E-state index is 13.3. The maximum Gasteiger partial charge on any atom is 0.319 e. The Bertz CT molecular complexity index is 731. The second-order valence-electron chi connectivity index (χ2n) is 9.40. The van der Waals surface area contributed by atoms with Crippen LogP contribution in [0.3, 0.4) is 0 Å². The van der Waals surface area contributed by atoms with Crippen molar-refractivity contribution in [2.45, 2.75) is 51.9 Å². The molecule has 1 spiro atoms. The van der Waals surface area contributed by atoms with Gasteiger partial charge in [-0.25, -0.2) is 4.79 Å². The summed E-state index contributed by atoms with van der Waals surface area (Å²) in [5.41, 5.74) is 2.16. The van der Waals surface area contributed by atoms with E-state index in [0.29, 0.717) is 19.0 Å². The van der Waals surface area contributed by atoms with Gasteiger partial charge in [-0.2, -0.15) is 0 Å². The van der Waals surface area contributed by atoms with Crippen LogP contribution in [0.15, 0.2) is 24.3 Å². The molecule has 3 fully saturated rings. The number of rotatable bonds is 4. The van der Waals surface area contributed by atoms with E-state index in [2.05, 4.69) is 38.1 Å². The van der Waals surface area contributed by atoms with Crippen LogP contribution < -0.4 is 4.90 Å². The standard InChI is InChI=1S/C23H33N3O2/c1-17(2)16-24(3)22(28)25-13-10-23(11-14-25)12-15-26(21(23)27)20-8-6-19(7-9-20)18-4-5-18/h6-9,17-18H,4-5,10-16H2,1-3H3. The molecular formula is C23H33N3O2. The molecule has 28 heavy (non-hydrogen) atoms. The summed E-state index contributed by atoms with van der Waals surface area (Å²) in [6.07, 6.45) is 5.06. The minimum absolute atomic E-state index is 0.0986. The number of hydrogen-bond acceptors (Lipinski definition) is 2. The van der Waals surface area contributed by atoms with Crippen LogP contribution in [0.25, 0.3) is 0 Å². The van der Waals surface area contributed by atoms with Gasteiger partial charge in [-0.15, -0.1) is 0 Å². The molecule has 0 bridgehead atoms. The molecule has 0 N–H and O–H groups in total. The van der Waals surface area contributed by atoms with E-state index in [9.17, 15) is 9.59 Å². The van der Waals surface area contributed by atoms with Gasteiger partial charge in [-0.3, -0.25) is 4.79 Å². The van der Waals surface area contributed by atoms with Crippen molar-refractivity contribution in [3.8, 4) is 0 Å². The molecule has 0 unspecified atom stereocenters. The number of likely N-dealkylation sites (tertiary alicyclic amines) is 1. The van der Waals surface area contributed by atoms with Gasteiger partial charge in [-0.05, 0) is 61.6 Å². The number of piperidine rings is 1. The molecule has 3 aliphatic rings. The smallest absolute Gasteiger partial charge is 0.319 e. The molecule has 0 aromatic heterocycles. The average Bonchev–Trinajstić information content (AvgIpc) is 3.49. The fourth-order valence-corrected chi connectivity index (χ4v) is 4.87. The number of amides is 3. The lowest BCUT2D eigenvalue weighted by Crippen LogP contribution is -2.50. The fraction of sp³-hybridized carbons (Fsp3) is 0.652. The largest absolute Gasteiger partial charge is 0.327 e. The Labute approximate surface area is 168 Å². The number of nitrogens with zero attached hydrogens (tertiary/aromatic N) is 3. The molecule has 0 radical (unpaired) electrons. The van der Waals surface area contributed by atoms with E-state index in [1.807, 2.05) is 21.7 Å². The highest BCUT2D eigenvalue weighted by Crippen LogP contribution is 2.44. The van der Waals surface area contributed by atoms with E-state index in [0.717, 1.165) is 44.0 Å². The van der Waals surface area contributed by atoms with Crippen molar-refractivity contribution < 1.29 is 9.59 Å². The first-order chi connectivity index (χ1) is 13.4. The second kappa shape index (κ2) is 7.41. The molecule has 2 aliphatic heterocycles. The number of hydrogen-bond donors (Lipinski definition) is 0. The quantitative estimate of drug-likeness (QED) is 0.786. The third-order valence-electron chi connectivity index (χ3n) is 6.72. The summed E-state index contributed by atoms with van der Waals surface area (Å²) in [4.78, 5) is 31.6. The summed E-state index contributed by atoms with van der Waals surface area (Å²) in [6, 6.07) is 8.71. The van der Waals surface area contributed by atoms with Crippen LogP contribution in [0.1, 0.15) is 57.4 Å². The second-order valence-corrected chi connectivity index (χ2v) is 9.40. The molecule has 0 atom stereocenters. The van der Waals surface area contributed by atoms with Crippen LogP contribution in [-0.4, -0.2) is 55.0 Å². The zero-order valence-corrected chi connectivity index (χ0v) is 17.5. The highest BCUT2D eigenvalue weighted by molar-refractivity contribution is 6.00. The highest BCUT2D eigenvalue weighted by Gasteiger charge is 2.49. The van der Waals surface area contributed by atoms with Crippen LogP contribution in [-0.2, 0) is 4.79 Å². The molecule has 2 heterocycles. The van der Waals surface area contributed by atoms with Crippen LogP contribution in [0, 0.1) is 11.3 Å². The summed E-state index contributed by atoms with van der Waals surface area (Å²) in [5, 5.41) is 0. The minimum atomic E-state index is -0.275. The van der Waals surface area contributed by atoms with Crippen molar-refractivity contribution in [1.29, 1.82) is 0 Å². The van der Waals surface area contributed by atoms with E-state index >= 15 is 0 Å².